The van der Waals surface area contributed by atoms with Gasteiger partial charge in [-0.25, -0.2) is 13.6 Å². The van der Waals surface area contributed by atoms with E-state index in [1.807, 2.05) is 0 Å². The molecule has 1 aliphatic rings. The molecule has 1 aliphatic heterocycles. The quantitative estimate of drug-likeness (QED) is 0.724. The number of fused-ring (bicyclic) bond motifs is 1. The minimum Gasteiger partial charge on any atom is -0.357 e. The summed E-state index contributed by atoms with van der Waals surface area (Å²) in [7, 11) is -3.67. The molecule has 0 fully saturated rings. The van der Waals surface area contributed by atoms with E-state index in [2.05, 4.69) is 5.16 Å². The van der Waals surface area contributed by atoms with Gasteiger partial charge in [-0.1, -0.05) is 11.2 Å². The van der Waals surface area contributed by atoms with Crippen molar-refractivity contribution in [3.05, 3.63) is 23.8 Å². The van der Waals surface area contributed by atoms with Crippen LogP contribution in [-0.2, 0) is 16.4 Å². The standard InChI is InChI=1S/C8H8N2O3S/c9-14(11,12)7-2-1-6-3-4-10-13-8(6)5-7/h1-2,4-5H,3H2,(H2,9,11,12). The summed E-state index contributed by atoms with van der Waals surface area (Å²) in [6, 6.07) is 4.50. The van der Waals surface area contributed by atoms with Crippen LogP contribution < -0.4 is 9.98 Å². The van der Waals surface area contributed by atoms with Crippen molar-refractivity contribution in [3.63, 3.8) is 0 Å². The smallest absolute Gasteiger partial charge is 0.238 e. The molecule has 0 bridgehead atoms. The average Bonchev–Trinajstić information content (AvgIpc) is 2.16. The van der Waals surface area contributed by atoms with Crippen LogP contribution in [0, 0.1) is 0 Å². The molecule has 5 nitrogen and oxygen atoms in total. The third-order valence-corrected chi connectivity index (χ3v) is 2.81. The number of benzene rings is 1. The molecule has 0 atom stereocenters. The van der Waals surface area contributed by atoms with E-state index in [-0.39, 0.29) is 4.90 Å². The minimum absolute atomic E-state index is 0.0355. The predicted octanol–water partition coefficient (Wildman–Crippen LogP) is 0.255. The Balaban J connectivity index is 2.52. The highest BCUT2D eigenvalue weighted by atomic mass is 32.2. The molecule has 0 amide bonds. The molecule has 2 N–H and O–H groups in total. The van der Waals surface area contributed by atoms with Gasteiger partial charge in [0.25, 0.3) is 0 Å². The molecule has 14 heavy (non-hydrogen) atoms. The molecular formula is C8H8N2O3S. The zero-order valence-electron chi connectivity index (χ0n) is 7.17. The molecule has 0 unspecified atom stereocenters. The highest BCUT2D eigenvalue weighted by Crippen LogP contribution is 2.24. The van der Waals surface area contributed by atoms with Crippen LogP contribution in [0.4, 0.5) is 0 Å². The van der Waals surface area contributed by atoms with Crippen molar-refractivity contribution in [2.75, 3.05) is 0 Å². The molecular weight excluding hydrogens is 204 g/mol. The molecule has 0 aliphatic carbocycles. The Kier molecular flexibility index (Phi) is 2.01. The Labute approximate surface area is 81.2 Å². The third kappa shape index (κ3) is 1.61. The van der Waals surface area contributed by atoms with Crippen molar-refractivity contribution in [3.8, 4) is 5.75 Å². The number of rotatable bonds is 1. The van der Waals surface area contributed by atoms with E-state index in [1.165, 1.54) is 12.1 Å². The van der Waals surface area contributed by atoms with Gasteiger partial charge in [-0.3, -0.25) is 0 Å². The first-order valence-corrected chi connectivity index (χ1v) is 5.46. The highest BCUT2D eigenvalue weighted by molar-refractivity contribution is 7.89. The lowest BCUT2D eigenvalue weighted by Crippen LogP contribution is -2.13. The maximum Gasteiger partial charge on any atom is 0.238 e. The zero-order chi connectivity index (χ0) is 10.2. The summed E-state index contributed by atoms with van der Waals surface area (Å²) in [6.07, 6.45) is 2.25. The largest absolute Gasteiger partial charge is 0.357 e. The topological polar surface area (TPSA) is 81.8 Å². The third-order valence-electron chi connectivity index (χ3n) is 1.90. The van der Waals surface area contributed by atoms with Gasteiger partial charge < -0.3 is 4.84 Å². The van der Waals surface area contributed by atoms with E-state index in [0.717, 1.165) is 5.56 Å². The number of hydrogen-bond donors (Lipinski definition) is 1. The fourth-order valence-corrected chi connectivity index (χ4v) is 1.72. The summed E-state index contributed by atoms with van der Waals surface area (Å²) in [5, 5.41) is 8.55. The Morgan fingerprint density at radius 1 is 1.43 bits per heavy atom. The van der Waals surface area contributed by atoms with Gasteiger partial charge in [-0.2, -0.15) is 0 Å². The van der Waals surface area contributed by atoms with E-state index >= 15 is 0 Å². The Hall–Kier alpha value is -1.40. The maximum atomic E-state index is 11.0. The summed E-state index contributed by atoms with van der Waals surface area (Å²) in [4.78, 5) is 4.94. The molecule has 0 aromatic heterocycles. The molecule has 2 rings (SSSR count). The van der Waals surface area contributed by atoms with Gasteiger partial charge in [0, 0.05) is 24.3 Å². The van der Waals surface area contributed by atoms with Crippen molar-refractivity contribution in [2.45, 2.75) is 11.3 Å². The van der Waals surface area contributed by atoms with Crippen molar-refractivity contribution < 1.29 is 13.3 Å². The molecule has 0 saturated carbocycles. The van der Waals surface area contributed by atoms with Crippen LogP contribution in [0.3, 0.4) is 0 Å². The fourth-order valence-electron chi connectivity index (χ4n) is 1.20. The second-order valence-electron chi connectivity index (χ2n) is 2.90. The van der Waals surface area contributed by atoms with E-state index in [1.54, 1.807) is 12.3 Å². The summed E-state index contributed by atoms with van der Waals surface area (Å²) in [5.74, 6) is 0.444. The van der Waals surface area contributed by atoms with Crippen LogP contribution in [0.15, 0.2) is 28.3 Å². The van der Waals surface area contributed by atoms with Gasteiger partial charge >= 0.3 is 0 Å². The first-order valence-electron chi connectivity index (χ1n) is 3.92. The molecule has 1 aromatic carbocycles. The lowest BCUT2D eigenvalue weighted by molar-refractivity contribution is 0.332. The van der Waals surface area contributed by atoms with Crippen molar-refractivity contribution in [2.24, 2.45) is 10.3 Å². The van der Waals surface area contributed by atoms with Crippen molar-refractivity contribution in [1.29, 1.82) is 0 Å². The van der Waals surface area contributed by atoms with Crippen LogP contribution in [0.1, 0.15) is 5.56 Å². The lowest BCUT2D eigenvalue weighted by atomic mass is 10.1. The summed E-state index contributed by atoms with van der Waals surface area (Å²) < 4.78 is 22.0. The van der Waals surface area contributed by atoms with Gasteiger partial charge in [0.2, 0.25) is 10.0 Å². The highest BCUT2D eigenvalue weighted by Gasteiger charge is 2.13. The first kappa shape index (κ1) is 9.17. The van der Waals surface area contributed by atoms with E-state index in [9.17, 15) is 8.42 Å². The Bertz CT molecular complexity index is 493. The lowest BCUT2D eigenvalue weighted by Gasteiger charge is -2.10. The van der Waals surface area contributed by atoms with Gasteiger partial charge in [0.1, 0.15) is 0 Å². The normalized spacial score (nSPS) is 14.6. The van der Waals surface area contributed by atoms with Crippen molar-refractivity contribution >= 4 is 16.2 Å². The fraction of sp³-hybridized carbons (Fsp3) is 0.125. The maximum absolute atomic E-state index is 11.0. The summed E-state index contributed by atoms with van der Waals surface area (Å²) in [5.41, 5.74) is 0.896. The Morgan fingerprint density at radius 2 is 2.21 bits per heavy atom. The number of oxime groups is 1. The predicted molar refractivity (Wildman–Crippen MR) is 50.6 cm³/mol. The number of nitrogens with two attached hydrogens (primary N) is 1. The van der Waals surface area contributed by atoms with Gasteiger partial charge in [-0.05, 0) is 6.07 Å². The summed E-state index contributed by atoms with van der Waals surface area (Å²) >= 11 is 0. The first-order chi connectivity index (χ1) is 6.57. The van der Waals surface area contributed by atoms with Crippen LogP contribution in [0.25, 0.3) is 0 Å². The molecule has 6 heteroatoms. The molecule has 0 spiro atoms. The number of primary sulfonamides is 1. The number of sulfonamides is 1. The monoisotopic (exact) mass is 212 g/mol. The molecule has 0 saturated heterocycles. The van der Waals surface area contributed by atoms with E-state index < -0.39 is 10.0 Å². The molecule has 1 heterocycles. The minimum atomic E-state index is -3.67. The van der Waals surface area contributed by atoms with Crippen molar-refractivity contribution in [1.82, 2.24) is 0 Å². The molecule has 74 valence electrons. The number of hydrogen-bond acceptors (Lipinski definition) is 4. The zero-order valence-corrected chi connectivity index (χ0v) is 7.99. The Morgan fingerprint density at radius 3 is 2.93 bits per heavy atom. The second-order valence-corrected chi connectivity index (χ2v) is 4.46. The van der Waals surface area contributed by atoms with Crippen LogP contribution in [0.5, 0.6) is 5.75 Å². The van der Waals surface area contributed by atoms with E-state index in [4.69, 9.17) is 9.98 Å². The summed E-state index contributed by atoms with van der Waals surface area (Å²) in [6.45, 7) is 0. The van der Waals surface area contributed by atoms with Gasteiger partial charge in [-0.15, -0.1) is 0 Å². The SMILES string of the molecule is NS(=O)(=O)c1ccc2c(c1)ON=CC2. The number of nitrogens with zero attached hydrogens (tertiary/aromatic N) is 1. The van der Waals surface area contributed by atoms with E-state index in [0.29, 0.717) is 12.2 Å². The molecule has 1 aromatic rings. The molecule has 0 radical (unpaired) electrons. The second kappa shape index (κ2) is 3.07. The van der Waals surface area contributed by atoms with Crippen LogP contribution in [0.2, 0.25) is 0 Å². The average molecular weight is 212 g/mol. The van der Waals surface area contributed by atoms with Gasteiger partial charge in [0.05, 0.1) is 4.90 Å². The van der Waals surface area contributed by atoms with Crippen LogP contribution >= 0.6 is 0 Å². The van der Waals surface area contributed by atoms with Gasteiger partial charge in [0.15, 0.2) is 5.75 Å². The van der Waals surface area contributed by atoms with Crippen LogP contribution in [-0.4, -0.2) is 14.6 Å².